The van der Waals surface area contributed by atoms with Gasteiger partial charge in [-0.05, 0) is 25.1 Å². The Labute approximate surface area is 183 Å². The Morgan fingerprint density at radius 3 is 2.37 bits per heavy atom. The molecule has 1 fully saturated rings. The lowest BCUT2D eigenvalue weighted by Gasteiger charge is -2.26. The summed E-state index contributed by atoms with van der Waals surface area (Å²) in [6, 6.07) is 19.7. The van der Waals surface area contributed by atoms with Gasteiger partial charge in [0.25, 0.3) is 5.91 Å². The highest BCUT2D eigenvalue weighted by Gasteiger charge is 2.18. The minimum atomic E-state index is -0.0898. The van der Waals surface area contributed by atoms with E-state index in [9.17, 15) is 4.79 Å². The first kappa shape index (κ1) is 22.0. The molecular formula is C23H27ClN4O2. The van der Waals surface area contributed by atoms with Gasteiger partial charge in [-0.2, -0.15) is 5.10 Å². The van der Waals surface area contributed by atoms with Crippen LogP contribution in [-0.4, -0.2) is 60.0 Å². The smallest absolute Gasteiger partial charge is 0.255 e. The molecule has 1 aromatic heterocycles. The first-order chi connectivity index (χ1) is 14.3. The van der Waals surface area contributed by atoms with Gasteiger partial charge in [0, 0.05) is 31.4 Å². The molecule has 2 aromatic carbocycles. The van der Waals surface area contributed by atoms with Gasteiger partial charge in [-0.3, -0.25) is 9.69 Å². The third-order valence-corrected chi connectivity index (χ3v) is 5.07. The lowest BCUT2D eigenvalue weighted by Crippen LogP contribution is -2.38. The number of rotatable bonds is 7. The largest absolute Gasteiger partial charge is 0.379 e. The highest BCUT2D eigenvalue weighted by atomic mass is 35.5. The molecule has 1 aliphatic rings. The Morgan fingerprint density at radius 1 is 1.00 bits per heavy atom. The van der Waals surface area contributed by atoms with E-state index in [1.807, 2.05) is 66.9 Å². The number of ether oxygens (including phenoxy) is 1. The van der Waals surface area contributed by atoms with E-state index in [1.54, 1.807) is 4.68 Å². The van der Waals surface area contributed by atoms with Gasteiger partial charge >= 0.3 is 0 Å². The number of halogens is 1. The maximum absolute atomic E-state index is 12.9. The summed E-state index contributed by atoms with van der Waals surface area (Å²) in [5, 5.41) is 7.77. The fourth-order valence-corrected chi connectivity index (χ4v) is 3.49. The summed E-state index contributed by atoms with van der Waals surface area (Å²) >= 11 is 0. The lowest BCUT2D eigenvalue weighted by atomic mass is 10.1. The highest BCUT2D eigenvalue weighted by molar-refractivity contribution is 5.99. The van der Waals surface area contributed by atoms with E-state index in [0.717, 1.165) is 50.5 Å². The number of amides is 1. The number of carbonyl (C=O) groups is 1. The van der Waals surface area contributed by atoms with Crippen molar-refractivity contribution < 1.29 is 9.53 Å². The summed E-state index contributed by atoms with van der Waals surface area (Å²) in [4.78, 5) is 15.3. The molecule has 1 amide bonds. The van der Waals surface area contributed by atoms with Crippen LogP contribution in [0.25, 0.3) is 16.9 Å². The van der Waals surface area contributed by atoms with Crippen LogP contribution in [0.3, 0.4) is 0 Å². The molecule has 0 aliphatic carbocycles. The molecule has 0 spiro atoms. The van der Waals surface area contributed by atoms with Gasteiger partial charge in [0.1, 0.15) is 5.69 Å². The van der Waals surface area contributed by atoms with E-state index >= 15 is 0 Å². The molecule has 158 valence electrons. The second kappa shape index (κ2) is 10.9. The summed E-state index contributed by atoms with van der Waals surface area (Å²) in [7, 11) is 0. The quantitative estimate of drug-likeness (QED) is 0.588. The van der Waals surface area contributed by atoms with Gasteiger partial charge in [-0.25, -0.2) is 4.68 Å². The zero-order chi connectivity index (χ0) is 19.9. The lowest BCUT2D eigenvalue weighted by molar-refractivity contribution is 0.0374. The average Bonchev–Trinajstić information content (AvgIpc) is 3.24. The number of hydrogen-bond donors (Lipinski definition) is 1. The van der Waals surface area contributed by atoms with Crippen LogP contribution in [0.4, 0.5) is 0 Å². The number of para-hydroxylation sites is 1. The van der Waals surface area contributed by atoms with Crippen LogP contribution in [0.15, 0.2) is 66.9 Å². The molecule has 30 heavy (non-hydrogen) atoms. The van der Waals surface area contributed by atoms with E-state index in [-0.39, 0.29) is 18.3 Å². The van der Waals surface area contributed by atoms with E-state index < -0.39 is 0 Å². The van der Waals surface area contributed by atoms with E-state index in [0.29, 0.717) is 17.8 Å². The zero-order valence-corrected chi connectivity index (χ0v) is 17.7. The summed E-state index contributed by atoms with van der Waals surface area (Å²) in [6.07, 6.45) is 2.73. The molecule has 0 atom stereocenters. The van der Waals surface area contributed by atoms with Gasteiger partial charge in [-0.15, -0.1) is 12.4 Å². The van der Waals surface area contributed by atoms with Crippen molar-refractivity contribution in [1.29, 1.82) is 0 Å². The summed E-state index contributed by atoms with van der Waals surface area (Å²) < 4.78 is 7.14. The van der Waals surface area contributed by atoms with Crippen LogP contribution >= 0.6 is 12.4 Å². The maximum Gasteiger partial charge on any atom is 0.255 e. The second-order valence-electron chi connectivity index (χ2n) is 7.10. The number of morpholine rings is 1. The van der Waals surface area contributed by atoms with Crippen LogP contribution in [0.2, 0.25) is 0 Å². The monoisotopic (exact) mass is 426 g/mol. The number of nitrogens with one attached hydrogen (secondary N) is 1. The van der Waals surface area contributed by atoms with Crippen molar-refractivity contribution >= 4 is 18.3 Å². The topological polar surface area (TPSA) is 59.4 Å². The first-order valence-corrected chi connectivity index (χ1v) is 10.1. The summed E-state index contributed by atoms with van der Waals surface area (Å²) in [5.41, 5.74) is 3.14. The third-order valence-electron chi connectivity index (χ3n) is 5.07. The van der Waals surface area contributed by atoms with Crippen molar-refractivity contribution in [2.45, 2.75) is 6.42 Å². The molecule has 6 nitrogen and oxygen atoms in total. The molecule has 0 unspecified atom stereocenters. The van der Waals surface area contributed by atoms with Crippen molar-refractivity contribution in [2.75, 3.05) is 39.4 Å². The normalized spacial score (nSPS) is 14.1. The maximum atomic E-state index is 12.9. The van der Waals surface area contributed by atoms with Gasteiger partial charge < -0.3 is 10.1 Å². The predicted octanol–water partition coefficient (Wildman–Crippen LogP) is 3.41. The molecule has 4 rings (SSSR count). The molecule has 1 saturated heterocycles. The number of carbonyl (C=O) groups excluding carboxylic acids is 1. The van der Waals surface area contributed by atoms with Crippen molar-refractivity contribution in [3.63, 3.8) is 0 Å². The Morgan fingerprint density at radius 2 is 1.67 bits per heavy atom. The summed E-state index contributed by atoms with van der Waals surface area (Å²) in [5.74, 6) is -0.0898. The van der Waals surface area contributed by atoms with Crippen molar-refractivity contribution in [1.82, 2.24) is 20.0 Å². The molecule has 1 N–H and O–H groups in total. The number of benzene rings is 2. The van der Waals surface area contributed by atoms with Gasteiger partial charge in [-0.1, -0.05) is 48.5 Å². The molecule has 0 bridgehead atoms. The first-order valence-electron chi connectivity index (χ1n) is 10.1. The van der Waals surface area contributed by atoms with Gasteiger partial charge in [0.2, 0.25) is 0 Å². The fraction of sp³-hybridized carbons (Fsp3) is 0.304. The standard InChI is InChI=1S/C23H26N4O2.ClH/c28-23(24-12-7-13-26-14-16-29-17-15-26)21-18-27(20-10-5-2-6-11-20)25-22(21)19-8-3-1-4-9-19;/h1-6,8-11,18H,7,12-17H2,(H,24,28);1H. The van der Waals surface area contributed by atoms with Crippen LogP contribution in [-0.2, 0) is 4.74 Å². The zero-order valence-electron chi connectivity index (χ0n) is 16.9. The van der Waals surface area contributed by atoms with Crippen LogP contribution in [0, 0.1) is 0 Å². The molecule has 7 heteroatoms. The van der Waals surface area contributed by atoms with Gasteiger partial charge in [0.15, 0.2) is 0 Å². The SMILES string of the molecule is Cl.O=C(NCCCN1CCOCC1)c1cn(-c2ccccc2)nc1-c1ccccc1. The van der Waals surface area contributed by atoms with Crippen LogP contribution in [0.5, 0.6) is 0 Å². The molecular weight excluding hydrogens is 400 g/mol. The molecule has 0 saturated carbocycles. The van der Waals surface area contributed by atoms with Crippen LogP contribution in [0.1, 0.15) is 16.8 Å². The van der Waals surface area contributed by atoms with Crippen LogP contribution < -0.4 is 5.32 Å². The van der Waals surface area contributed by atoms with E-state index in [2.05, 4.69) is 10.2 Å². The third kappa shape index (κ3) is 5.48. The minimum Gasteiger partial charge on any atom is -0.379 e. The molecule has 0 radical (unpaired) electrons. The molecule has 3 aromatic rings. The number of hydrogen-bond acceptors (Lipinski definition) is 4. The van der Waals surface area contributed by atoms with Crippen molar-refractivity contribution in [2.24, 2.45) is 0 Å². The second-order valence-corrected chi connectivity index (χ2v) is 7.10. The average molecular weight is 427 g/mol. The Kier molecular flexibility index (Phi) is 8.02. The molecule has 2 heterocycles. The van der Waals surface area contributed by atoms with Crippen molar-refractivity contribution in [3.05, 3.63) is 72.4 Å². The minimum absolute atomic E-state index is 0. The Bertz CT molecular complexity index is 925. The Balaban J connectivity index is 0.00000256. The van der Waals surface area contributed by atoms with Gasteiger partial charge in [0.05, 0.1) is 24.5 Å². The van der Waals surface area contributed by atoms with E-state index in [1.165, 1.54) is 0 Å². The van der Waals surface area contributed by atoms with Crippen molar-refractivity contribution in [3.8, 4) is 16.9 Å². The summed E-state index contributed by atoms with van der Waals surface area (Å²) in [6.45, 7) is 5.14. The predicted molar refractivity (Wildman–Crippen MR) is 120 cm³/mol. The number of nitrogens with zero attached hydrogens (tertiary/aromatic N) is 3. The van der Waals surface area contributed by atoms with E-state index in [4.69, 9.17) is 9.84 Å². The molecule has 1 aliphatic heterocycles. The Hall–Kier alpha value is -2.67. The highest BCUT2D eigenvalue weighted by Crippen LogP contribution is 2.23. The number of aromatic nitrogens is 2. The fourth-order valence-electron chi connectivity index (χ4n) is 3.49.